The molecule has 0 aliphatic rings. The molecule has 0 aliphatic carbocycles. The van der Waals surface area contributed by atoms with Crippen molar-refractivity contribution in [1.29, 1.82) is 0 Å². The van der Waals surface area contributed by atoms with Crippen molar-refractivity contribution in [3.05, 3.63) is 247 Å². The first-order valence-corrected chi connectivity index (χ1v) is 21.0. The summed E-state index contributed by atoms with van der Waals surface area (Å²) in [6, 6.07) is 55.2. The van der Waals surface area contributed by atoms with Gasteiger partial charge in [0.2, 0.25) is 0 Å². The van der Waals surface area contributed by atoms with Crippen LogP contribution in [0.1, 0.15) is 11.3 Å². The maximum atomic E-state index is 5.76. The van der Waals surface area contributed by atoms with E-state index in [1.807, 2.05) is 133 Å². The summed E-state index contributed by atoms with van der Waals surface area (Å²) in [5, 5.41) is 0.489. The van der Waals surface area contributed by atoms with Crippen molar-refractivity contribution < 1.29 is 0 Å². The van der Waals surface area contributed by atoms with E-state index in [0.717, 1.165) is 73.1 Å². The van der Waals surface area contributed by atoms with Crippen molar-refractivity contribution in [2.75, 3.05) is 0 Å². The summed E-state index contributed by atoms with van der Waals surface area (Å²) in [7, 11) is 0. The second-order valence-corrected chi connectivity index (χ2v) is 14.7. The van der Waals surface area contributed by atoms with Gasteiger partial charge in [-0.2, -0.15) is 0 Å². The number of rotatable bonds is 7. The molecule has 1 aromatic carbocycles. The summed E-state index contributed by atoms with van der Waals surface area (Å²) in [6.07, 6.45) is 16.7. The Balaban J connectivity index is 0.000000128. The predicted octanol–water partition coefficient (Wildman–Crippen LogP) is 12.6. The molecule has 10 rings (SSSR count). The van der Waals surface area contributed by atoms with Gasteiger partial charge in [-0.25, -0.2) is 4.98 Å². The highest BCUT2D eigenvalue weighted by Gasteiger charge is 2.05. The Bertz CT molecular complexity index is 2750. The molecule has 0 saturated carbocycles. The molecule has 9 aromatic heterocycles. The van der Waals surface area contributed by atoms with Gasteiger partial charge >= 0.3 is 0 Å². The summed E-state index contributed by atoms with van der Waals surface area (Å²) in [5.74, 6) is 0. The number of nitrogens with zero attached hydrogens (tertiary/aromatic N) is 9. The third-order valence-corrected chi connectivity index (χ3v) is 9.60. The zero-order valence-corrected chi connectivity index (χ0v) is 36.2. The molecule has 306 valence electrons. The fourth-order valence-corrected chi connectivity index (χ4v) is 6.54. The van der Waals surface area contributed by atoms with Gasteiger partial charge in [0.25, 0.3) is 0 Å². The fraction of sp³-hybridized carbons (Fsp3) is 0.0192. The Kier molecular flexibility index (Phi) is 16.1. The molecule has 0 radical (unpaired) electrons. The second kappa shape index (κ2) is 23.4. The molecule has 0 atom stereocenters. The van der Waals surface area contributed by atoms with Gasteiger partial charge in [-0.15, -0.1) is 0 Å². The lowest BCUT2D eigenvalue weighted by atomic mass is 10.1. The van der Waals surface area contributed by atoms with E-state index in [1.54, 1.807) is 61.8 Å². The number of aromatic nitrogens is 9. The maximum absolute atomic E-state index is 5.76. The maximum Gasteiger partial charge on any atom is 0.129 e. The van der Waals surface area contributed by atoms with Crippen LogP contribution < -0.4 is 0 Å². The Morgan fingerprint density at radius 3 is 1.38 bits per heavy atom. The minimum Gasteiger partial charge on any atom is -0.263 e. The first kappa shape index (κ1) is 43.4. The van der Waals surface area contributed by atoms with Crippen LogP contribution in [0.25, 0.3) is 56.5 Å². The summed E-state index contributed by atoms with van der Waals surface area (Å²) in [5.41, 5.74) is 11.8. The Morgan fingerprint density at radius 2 is 0.841 bits per heavy atom. The van der Waals surface area contributed by atoms with Gasteiger partial charge in [0, 0.05) is 89.0 Å². The van der Waals surface area contributed by atoms with Gasteiger partial charge in [0.1, 0.15) is 5.15 Å². The molecule has 9 nitrogen and oxygen atoms in total. The summed E-state index contributed by atoms with van der Waals surface area (Å²) in [4.78, 5) is 38.4. The van der Waals surface area contributed by atoms with Crippen molar-refractivity contribution in [2.45, 2.75) is 6.42 Å². The molecule has 0 fully saturated rings. The van der Waals surface area contributed by atoms with Crippen LogP contribution in [-0.2, 0) is 6.42 Å². The summed E-state index contributed by atoms with van der Waals surface area (Å²) >= 11 is 9.12. The fourth-order valence-electron chi connectivity index (χ4n) is 6.00. The molecule has 0 bridgehead atoms. The minimum absolute atomic E-state index is 0.489. The van der Waals surface area contributed by atoms with Crippen molar-refractivity contribution in [2.24, 2.45) is 0 Å². The molecule has 0 saturated heterocycles. The molecular weight excluding hydrogens is 866 g/mol. The zero-order valence-electron chi connectivity index (χ0n) is 33.8. The first-order chi connectivity index (χ1) is 31.1. The van der Waals surface area contributed by atoms with Crippen LogP contribution in [0.2, 0.25) is 5.15 Å². The molecule has 0 N–H and O–H groups in total. The van der Waals surface area contributed by atoms with Crippen molar-refractivity contribution in [3.8, 4) is 56.5 Å². The van der Waals surface area contributed by atoms with Crippen LogP contribution in [0.3, 0.4) is 0 Å². The lowest BCUT2D eigenvalue weighted by Crippen LogP contribution is -1.94. The van der Waals surface area contributed by atoms with Crippen LogP contribution in [0.4, 0.5) is 0 Å². The largest absolute Gasteiger partial charge is 0.263 e. The van der Waals surface area contributed by atoms with E-state index in [4.69, 9.17) is 11.6 Å². The molecule has 63 heavy (non-hydrogen) atoms. The average molecular weight is 905 g/mol. The standard InChI is InChI=1S/C17H14N2.C15H11N3.C10H7BrN2.C10H7ClN2/c1-2-7-14(8-3-1)13-15-9-6-11-17(19-15)16-10-4-5-12-18-16;1-3-8-16-13(5-1)12-7-10-18-15(11-12)14-6-2-4-9-17-14;11-9-5-8(6-12-7-9)10-3-1-2-4-13-10;11-10-7-8(4-6-13-10)9-3-1-2-5-12-9/h1-12H,13H2;1-11H;2*1-7H. The molecule has 0 spiro atoms. The molecular formula is C52H39BrClN9. The zero-order chi connectivity index (χ0) is 43.3. The van der Waals surface area contributed by atoms with E-state index in [9.17, 15) is 0 Å². The second-order valence-electron chi connectivity index (χ2n) is 13.4. The normalized spacial score (nSPS) is 10.1. The van der Waals surface area contributed by atoms with Gasteiger partial charge in [0.05, 0.1) is 39.9 Å². The molecule has 11 heteroatoms. The molecule has 0 unspecified atom stereocenters. The predicted molar refractivity (Wildman–Crippen MR) is 255 cm³/mol. The highest BCUT2D eigenvalue weighted by atomic mass is 79.9. The highest BCUT2D eigenvalue weighted by Crippen LogP contribution is 2.22. The van der Waals surface area contributed by atoms with Gasteiger partial charge in [-0.1, -0.05) is 78.3 Å². The Morgan fingerprint density at radius 1 is 0.365 bits per heavy atom. The van der Waals surface area contributed by atoms with Crippen LogP contribution in [-0.4, -0.2) is 44.9 Å². The number of halogens is 2. The monoisotopic (exact) mass is 903 g/mol. The lowest BCUT2D eigenvalue weighted by Gasteiger charge is -2.04. The number of hydrogen-bond donors (Lipinski definition) is 0. The van der Waals surface area contributed by atoms with E-state index >= 15 is 0 Å². The Hall–Kier alpha value is -7.66. The summed E-state index contributed by atoms with van der Waals surface area (Å²) < 4.78 is 0.968. The molecule has 9 heterocycles. The van der Waals surface area contributed by atoms with E-state index < -0.39 is 0 Å². The van der Waals surface area contributed by atoms with Crippen LogP contribution in [0.5, 0.6) is 0 Å². The average Bonchev–Trinajstić information content (AvgIpc) is 3.36. The number of pyridine rings is 9. The van der Waals surface area contributed by atoms with E-state index in [0.29, 0.717) is 5.15 Å². The van der Waals surface area contributed by atoms with E-state index in [-0.39, 0.29) is 0 Å². The van der Waals surface area contributed by atoms with Crippen LogP contribution in [0.15, 0.2) is 230 Å². The first-order valence-electron chi connectivity index (χ1n) is 19.8. The van der Waals surface area contributed by atoms with E-state index in [1.165, 1.54) is 5.56 Å². The van der Waals surface area contributed by atoms with E-state index in [2.05, 4.69) is 91.1 Å². The SMILES string of the molecule is Brc1cncc(-c2ccccn2)c1.Clc1cc(-c2ccccn2)ccn1.c1ccc(-c2ccnc(-c3ccccn3)c2)nc1.c1ccc(Cc2cccc(-c3ccccn3)n2)cc1. The smallest absolute Gasteiger partial charge is 0.129 e. The van der Waals surface area contributed by atoms with Crippen molar-refractivity contribution in [3.63, 3.8) is 0 Å². The third kappa shape index (κ3) is 13.7. The van der Waals surface area contributed by atoms with Crippen LogP contribution >= 0.6 is 27.5 Å². The van der Waals surface area contributed by atoms with Gasteiger partial charge in [-0.3, -0.25) is 39.9 Å². The number of hydrogen-bond acceptors (Lipinski definition) is 9. The van der Waals surface area contributed by atoms with Gasteiger partial charge < -0.3 is 0 Å². The number of benzene rings is 1. The van der Waals surface area contributed by atoms with Gasteiger partial charge in [-0.05, 0) is 125 Å². The summed E-state index contributed by atoms with van der Waals surface area (Å²) in [6.45, 7) is 0. The molecule has 0 amide bonds. The Labute approximate surface area is 379 Å². The van der Waals surface area contributed by atoms with Gasteiger partial charge in [0.15, 0.2) is 0 Å². The van der Waals surface area contributed by atoms with Crippen LogP contribution in [0, 0.1) is 0 Å². The highest BCUT2D eigenvalue weighted by molar-refractivity contribution is 9.10. The topological polar surface area (TPSA) is 116 Å². The third-order valence-electron chi connectivity index (χ3n) is 8.96. The minimum atomic E-state index is 0.489. The lowest BCUT2D eigenvalue weighted by molar-refractivity contribution is 1.07. The van der Waals surface area contributed by atoms with Crippen molar-refractivity contribution in [1.82, 2.24) is 44.9 Å². The molecule has 10 aromatic rings. The molecule has 0 aliphatic heterocycles. The van der Waals surface area contributed by atoms with Crippen molar-refractivity contribution >= 4 is 27.5 Å². The quantitative estimate of drug-likeness (QED) is 0.144.